The summed E-state index contributed by atoms with van der Waals surface area (Å²) in [5.41, 5.74) is 0.615. The van der Waals surface area contributed by atoms with Crippen molar-refractivity contribution < 1.29 is 14.3 Å². The first-order valence-corrected chi connectivity index (χ1v) is 8.00. The molecule has 6 heteroatoms. The highest BCUT2D eigenvalue weighted by atomic mass is 35.5. The molecule has 4 nitrogen and oxygen atoms in total. The largest absolute Gasteiger partial charge is 0.480 e. The Bertz CT molecular complexity index is 519. The number of rotatable bonds is 6. The lowest BCUT2D eigenvalue weighted by Gasteiger charge is -2.37. The van der Waals surface area contributed by atoms with Crippen molar-refractivity contribution >= 4 is 17.6 Å². The molecule has 1 saturated heterocycles. The second-order valence-corrected chi connectivity index (χ2v) is 6.08. The van der Waals surface area contributed by atoms with Crippen LogP contribution >= 0.6 is 11.6 Å². The molecule has 0 bridgehead atoms. The van der Waals surface area contributed by atoms with Crippen molar-refractivity contribution in [3.63, 3.8) is 0 Å². The number of benzene rings is 1. The molecular formula is C16H22ClFN2O2. The van der Waals surface area contributed by atoms with Gasteiger partial charge in [-0.15, -0.1) is 0 Å². The van der Waals surface area contributed by atoms with Crippen LogP contribution in [-0.4, -0.2) is 53.1 Å². The van der Waals surface area contributed by atoms with Gasteiger partial charge in [-0.2, -0.15) is 0 Å². The molecule has 0 amide bonds. The fraction of sp³-hybridized carbons (Fsp3) is 0.562. The minimum atomic E-state index is -0.787. The number of carboxylic acid groups (broad SMARTS) is 1. The zero-order valence-electron chi connectivity index (χ0n) is 12.8. The molecule has 122 valence electrons. The van der Waals surface area contributed by atoms with E-state index in [0.29, 0.717) is 18.2 Å². The molecular weight excluding hydrogens is 307 g/mol. The molecule has 0 aliphatic carbocycles. The van der Waals surface area contributed by atoms with Crippen molar-refractivity contribution in [3.05, 3.63) is 34.6 Å². The number of piperidine rings is 1. The van der Waals surface area contributed by atoms with Crippen LogP contribution in [0, 0.1) is 5.82 Å². The highest BCUT2D eigenvalue weighted by Gasteiger charge is 2.25. The van der Waals surface area contributed by atoms with Crippen LogP contribution in [0.15, 0.2) is 18.2 Å². The van der Waals surface area contributed by atoms with Gasteiger partial charge < -0.3 is 5.11 Å². The summed E-state index contributed by atoms with van der Waals surface area (Å²) in [6, 6.07) is 5.37. The molecule has 2 rings (SSSR count). The Balaban J connectivity index is 1.89. The van der Waals surface area contributed by atoms with Gasteiger partial charge in [0.05, 0.1) is 11.6 Å². The molecule has 0 saturated carbocycles. The molecule has 0 aromatic heterocycles. The van der Waals surface area contributed by atoms with Crippen LogP contribution < -0.4 is 0 Å². The second kappa shape index (κ2) is 7.90. The molecule has 0 unspecified atom stereocenters. The number of likely N-dealkylation sites (N-methyl/N-ethyl adjacent to an activating group) is 1. The topological polar surface area (TPSA) is 43.8 Å². The number of nitrogens with zero attached hydrogens (tertiary/aromatic N) is 2. The lowest BCUT2D eigenvalue weighted by atomic mass is 10.0. The first kappa shape index (κ1) is 17.2. The Morgan fingerprint density at radius 2 is 2.14 bits per heavy atom. The van der Waals surface area contributed by atoms with Crippen molar-refractivity contribution in [1.82, 2.24) is 9.80 Å². The standard InChI is InChI=1S/C16H22ClFN2O2/c1-2-20(11-15(21)22)13-6-8-19(9-7-13)10-12-4-3-5-14(17)16(12)18/h3-5,13H,2,6-11H2,1H3,(H,21,22). The quantitative estimate of drug-likeness (QED) is 0.872. The molecule has 1 aliphatic heterocycles. The molecule has 0 atom stereocenters. The predicted molar refractivity (Wildman–Crippen MR) is 84.6 cm³/mol. The molecule has 1 heterocycles. The molecule has 1 fully saturated rings. The summed E-state index contributed by atoms with van der Waals surface area (Å²) in [5.74, 6) is -1.13. The zero-order chi connectivity index (χ0) is 16.1. The third-order valence-corrected chi connectivity index (χ3v) is 4.54. The molecule has 1 aliphatic rings. The highest BCUT2D eigenvalue weighted by molar-refractivity contribution is 6.30. The van der Waals surface area contributed by atoms with E-state index in [0.717, 1.165) is 32.5 Å². The molecule has 1 aromatic rings. The molecule has 1 N–H and O–H groups in total. The lowest BCUT2D eigenvalue weighted by Crippen LogP contribution is -2.46. The van der Waals surface area contributed by atoms with Crippen molar-refractivity contribution in [2.75, 3.05) is 26.2 Å². The molecule has 0 radical (unpaired) electrons. The third kappa shape index (κ3) is 4.41. The summed E-state index contributed by atoms with van der Waals surface area (Å²) in [7, 11) is 0. The maximum atomic E-state index is 13.9. The summed E-state index contributed by atoms with van der Waals surface area (Å²) in [4.78, 5) is 15.1. The van der Waals surface area contributed by atoms with Gasteiger partial charge in [0.1, 0.15) is 5.82 Å². The third-order valence-electron chi connectivity index (χ3n) is 4.24. The maximum absolute atomic E-state index is 13.9. The van der Waals surface area contributed by atoms with E-state index in [9.17, 15) is 9.18 Å². The van der Waals surface area contributed by atoms with Crippen molar-refractivity contribution in [1.29, 1.82) is 0 Å². The van der Waals surface area contributed by atoms with Crippen LogP contribution in [0.2, 0.25) is 5.02 Å². The minimum absolute atomic E-state index is 0.0874. The van der Waals surface area contributed by atoms with Crippen LogP contribution in [0.1, 0.15) is 25.3 Å². The van der Waals surface area contributed by atoms with Gasteiger partial charge >= 0.3 is 5.97 Å². The molecule has 22 heavy (non-hydrogen) atoms. The number of likely N-dealkylation sites (tertiary alicyclic amines) is 1. The average Bonchev–Trinajstić information content (AvgIpc) is 2.50. The van der Waals surface area contributed by atoms with Gasteiger partial charge in [-0.25, -0.2) is 4.39 Å². The second-order valence-electron chi connectivity index (χ2n) is 5.68. The number of hydrogen-bond acceptors (Lipinski definition) is 3. The number of carboxylic acids is 1. The first-order valence-electron chi connectivity index (χ1n) is 7.62. The van der Waals surface area contributed by atoms with Crippen molar-refractivity contribution in [2.24, 2.45) is 0 Å². The summed E-state index contributed by atoms with van der Waals surface area (Å²) < 4.78 is 13.9. The van der Waals surface area contributed by atoms with E-state index in [1.165, 1.54) is 0 Å². The zero-order valence-corrected chi connectivity index (χ0v) is 13.5. The molecule has 0 spiro atoms. The van der Waals surface area contributed by atoms with Crippen molar-refractivity contribution in [2.45, 2.75) is 32.4 Å². The Morgan fingerprint density at radius 1 is 1.45 bits per heavy atom. The van der Waals surface area contributed by atoms with Gasteiger partial charge in [-0.05, 0) is 38.5 Å². The number of hydrogen-bond donors (Lipinski definition) is 1. The minimum Gasteiger partial charge on any atom is -0.480 e. The Labute approximate surface area is 135 Å². The fourth-order valence-corrected chi connectivity index (χ4v) is 3.22. The Morgan fingerprint density at radius 3 is 2.73 bits per heavy atom. The number of carbonyl (C=O) groups is 1. The van der Waals surface area contributed by atoms with E-state index >= 15 is 0 Å². The first-order chi connectivity index (χ1) is 10.5. The van der Waals surface area contributed by atoms with Crippen LogP contribution in [0.3, 0.4) is 0 Å². The van der Waals surface area contributed by atoms with E-state index in [1.807, 2.05) is 11.8 Å². The average molecular weight is 329 g/mol. The van der Waals surface area contributed by atoms with E-state index in [4.69, 9.17) is 16.7 Å². The summed E-state index contributed by atoms with van der Waals surface area (Å²) in [5, 5.41) is 9.10. The Hall–Kier alpha value is -1.17. The van der Waals surface area contributed by atoms with Gasteiger partial charge in [-0.3, -0.25) is 14.6 Å². The normalized spacial score (nSPS) is 17.1. The van der Waals surface area contributed by atoms with E-state index in [2.05, 4.69) is 4.90 Å². The van der Waals surface area contributed by atoms with Gasteiger partial charge in [0, 0.05) is 18.2 Å². The van der Waals surface area contributed by atoms with Crippen LogP contribution in [0.25, 0.3) is 0 Å². The van der Waals surface area contributed by atoms with Gasteiger partial charge in [-0.1, -0.05) is 30.7 Å². The lowest BCUT2D eigenvalue weighted by molar-refractivity contribution is -0.139. The fourth-order valence-electron chi connectivity index (χ4n) is 3.03. The SMILES string of the molecule is CCN(CC(=O)O)C1CCN(Cc2cccc(Cl)c2F)CC1. The van der Waals surface area contributed by atoms with Crippen LogP contribution in [-0.2, 0) is 11.3 Å². The van der Waals surface area contributed by atoms with E-state index < -0.39 is 5.97 Å². The number of aliphatic carboxylic acids is 1. The van der Waals surface area contributed by atoms with Crippen molar-refractivity contribution in [3.8, 4) is 0 Å². The van der Waals surface area contributed by atoms with Gasteiger partial charge in [0.2, 0.25) is 0 Å². The van der Waals surface area contributed by atoms with Crippen LogP contribution in [0.5, 0.6) is 0 Å². The summed E-state index contributed by atoms with van der Waals surface area (Å²) in [6.45, 7) is 5.03. The Kier molecular flexibility index (Phi) is 6.17. The number of halogens is 2. The molecule has 1 aromatic carbocycles. The summed E-state index contributed by atoms with van der Waals surface area (Å²) in [6.07, 6.45) is 1.81. The summed E-state index contributed by atoms with van der Waals surface area (Å²) >= 11 is 5.81. The van der Waals surface area contributed by atoms with E-state index in [1.54, 1.807) is 18.2 Å². The smallest absolute Gasteiger partial charge is 0.317 e. The highest BCUT2D eigenvalue weighted by Crippen LogP contribution is 2.22. The maximum Gasteiger partial charge on any atom is 0.317 e. The monoisotopic (exact) mass is 328 g/mol. The van der Waals surface area contributed by atoms with Gasteiger partial charge in [0.15, 0.2) is 0 Å². The predicted octanol–water partition coefficient (Wildman–Crippen LogP) is 2.85. The van der Waals surface area contributed by atoms with Gasteiger partial charge in [0.25, 0.3) is 0 Å². The van der Waals surface area contributed by atoms with Crippen LogP contribution in [0.4, 0.5) is 4.39 Å². The van der Waals surface area contributed by atoms with E-state index in [-0.39, 0.29) is 17.4 Å².